The fourth-order valence-electron chi connectivity index (χ4n) is 4.18. The molecule has 0 unspecified atom stereocenters. The molecule has 4 rings (SSSR count). The van der Waals surface area contributed by atoms with E-state index in [1.165, 1.54) is 0 Å². The summed E-state index contributed by atoms with van der Waals surface area (Å²) in [6.45, 7) is 6.93. The van der Waals surface area contributed by atoms with Crippen LogP contribution in [0.1, 0.15) is 23.2 Å². The first-order valence-electron chi connectivity index (χ1n) is 9.10. The number of amides is 1. The molecule has 0 aromatic carbocycles. The highest BCUT2D eigenvalue weighted by Crippen LogP contribution is 2.28. The fraction of sp³-hybridized carbons (Fsp3) is 0.667. The van der Waals surface area contributed by atoms with Crippen LogP contribution in [0.3, 0.4) is 0 Å². The summed E-state index contributed by atoms with van der Waals surface area (Å²) >= 11 is 0. The lowest BCUT2D eigenvalue weighted by Crippen LogP contribution is -2.39. The Morgan fingerprint density at radius 1 is 1.08 bits per heavy atom. The van der Waals surface area contributed by atoms with E-state index >= 15 is 0 Å². The molecule has 0 saturated carbocycles. The molecule has 0 aliphatic carbocycles. The zero-order valence-electron chi connectivity index (χ0n) is 14.9. The maximum absolute atomic E-state index is 13.1. The molecule has 146 valence electrons. The van der Waals surface area contributed by atoms with Crippen molar-refractivity contribution in [1.82, 2.24) is 15.2 Å². The first-order chi connectivity index (χ1) is 11.8. The van der Waals surface area contributed by atoms with Gasteiger partial charge in [-0.25, -0.2) is 4.98 Å². The molecule has 1 aromatic heterocycles. The molecule has 3 fully saturated rings. The number of aromatic nitrogens is 1. The van der Waals surface area contributed by atoms with Gasteiger partial charge in [-0.15, -0.1) is 24.8 Å². The largest absolute Gasteiger partial charge is 0.378 e. The highest BCUT2D eigenvalue weighted by Gasteiger charge is 2.32. The second kappa shape index (κ2) is 9.74. The van der Waals surface area contributed by atoms with Gasteiger partial charge in [0, 0.05) is 32.4 Å². The number of likely N-dealkylation sites (tertiary alicyclic amines) is 1. The van der Waals surface area contributed by atoms with Gasteiger partial charge in [-0.3, -0.25) is 4.79 Å². The molecule has 4 heterocycles. The minimum atomic E-state index is 0. The van der Waals surface area contributed by atoms with E-state index < -0.39 is 0 Å². The van der Waals surface area contributed by atoms with Crippen molar-refractivity contribution in [2.45, 2.75) is 12.8 Å². The summed E-state index contributed by atoms with van der Waals surface area (Å²) < 4.78 is 5.43. The van der Waals surface area contributed by atoms with E-state index in [-0.39, 0.29) is 30.7 Å². The Morgan fingerprint density at radius 2 is 1.73 bits per heavy atom. The van der Waals surface area contributed by atoms with Crippen molar-refractivity contribution in [2.24, 2.45) is 11.8 Å². The van der Waals surface area contributed by atoms with Crippen LogP contribution >= 0.6 is 24.8 Å². The predicted octanol–water partition coefficient (Wildman–Crippen LogP) is 1.83. The Balaban J connectivity index is 0.00000121. The third kappa shape index (κ3) is 4.42. The first kappa shape index (κ1) is 21.2. The smallest absolute Gasteiger partial charge is 0.257 e. The number of carbonyl (C=O) groups excluding carboxylic acids is 1. The lowest BCUT2D eigenvalue weighted by atomic mass is 9.92. The number of anilines is 1. The van der Waals surface area contributed by atoms with Gasteiger partial charge in [0.15, 0.2) is 0 Å². The monoisotopic (exact) mass is 402 g/mol. The van der Waals surface area contributed by atoms with Gasteiger partial charge >= 0.3 is 0 Å². The van der Waals surface area contributed by atoms with Gasteiger partial charge in [0.25, 0.3) is 5.91 Å². The van der Waals surface area contributed by atoms with Crippen LogP contribution in [0.25, 0.3) is 0 Å². The second-order valence-electron chi connectivity index (χ2n) is 7.02. The van der Waals surface area contributed by atoms with Crippen LogP contribution in [-0.2, 0) is 4.74 Å². The third-order valence-electron chi connectivity index (χ3n) is 5.63. The maximum atomic E-state index is 13.1. The number of morpholine rings is 1. The molecule has 2 atom stereocenters. The lowest BCUT2D eigenvalue weighted by molar-refractivity contribution is 0.0757. The molecular formula is C18H28Cl2N4O2. The number of pyridine rings is 1. The predicted molar refractivity (Wildman–Crippen MR) is 107 cm³/mol. The average Bonchev–Trinajstić information content (AvgIpc) is 3.00. The van der Waals surface area contributed by atoms with Gasteiger partial charge in [0.1, 0.15) is 5.82 Å². The average molecular weight is 403 g/mol. The van der Waals surface area contributed by atoms with Gasteiger partial charge in [-0.05, 0) is 49.9 Å². The SMILES string of the molecule is Cl.Cl.O=C(c1cccnc1N1CCOCC1)N1CC[C@@H]2CNC[C@@H]2CC1. The number of fused-ring (bicyclic) bond motifs is 1. The van der Waals surface area contributed by atoms with Crippen LogP contribution in [0.4, 0.5) is 5.82 Å². The van der Waals surface area contributed by atoms with E-state index in [1.807, 2.05) is 17.0 Å². The highest BCUT2D eigenvalue weighted by molar-refractivity contribution is 5.99. The molecule has 8 heteroatoms. The number of hydrogen-bond acceptors (Lipinski definition) is 5. The summed E-state index contributed by atoms with van der Waals surface area (Å²) in [4.78, 5) is 21.9. The van der Waals surface area contributed by atoms with Crippen LogP contribution in [0.15, 0.2) is 18.3 Å². The molecule has 1 aromatic rings. The molecule has 1 amide bonds. The summed E-state index contributed by atoms with van der Waals surface area (Å²) in [7, 11) is 0. The molecule has 3 saturated heterocycles. The van der Waals surface area contributed by atoms with Crippen molar-refractivity contribution >= 4 is 36.5 Å². The fourth-order valence-corrected chi connectivity index (χ4v) is 4.18. The van der Waals surface area contributed by atoms with Gasteiger partial charge in [0.05, 0.1) is 18.8 Å². The van der Waals surface area contributed by atoms with Crippen LogP contribution in [-0.4, -0.2) is 68.3 Å². The molecule has 3 aliphatic heterocycles. The second-order valence-corrected chi connectivity index (χ2v) is 7.02. The van der Waals surface area contributed by atoms with Gasteiger partial charge < -0.3 is 19.9 Å². The van der Waals surface area contributed by atoms with Crippen molar-refractivity contribution in [2.75, 3.05) is 57.4 Å². The summed E-state index contributed by atoms with van der Waals surface area (Å²) in [5.41, 5.74) is 0.740. The quantitative estimate of drug-likeness (QED) is 0.817. The number of hydrogen-bond donors (Lipinski definition) is 1. The number of rotatable bonds is 2. The zero-order chi connectivity index (χ0) is 16.4. The van der Waals surface area contributed by atoms with Crippen LogP contribution < -0.4 is 10.2 Å². The summed E-state index contributed by atoms with van der Waals surface area (Å²) in [6, 6.07) is 3.79. The number of halogens is 2. The van der Waals surface area contributed by atoms with Crippen molar-refractivity contribution < 1.29 is 9.53 Å². The van der Waals surface area contributed by atoms with Gasteiger partial charge in [-0.1, -0.05) is 0 Å². The topological polar surface area (TPSA) is 57.7 Å². The number of nitrogens with one attached hydrogen (secondary N) is 1. The third-order valence-corrected chi connectivity index (χ3v) is 5.63. The van der Waals surface area contributed by atoms with E-state index in [9.17, 15) is 4.79 Å². The minimum Gasteiger partial charge on any atom is -0.378 e. The molecule has 26 heavy (non-hydrogen) atoms. The minimum absolute atomic E-state index is 0. The van der Waals surface area contributed by atoms with E-state index in [0.717, 1.165) is 75.3 Å². The van der Waals surface area contributed by atoms with E-state index in [4.69, 9.17) is 4.74 Å². The van der Waals surface area contributed by atoms with Gasteiger partial charge in [0.2, 0.25) is 0 Å². The Kier molecular flexibility index (Phi) is 7.95. The van der Waals surface area contributed by atoms with Gasteiger partial charge in [-0.2, -0.15) is 0 Å². The Hall–Kier alpha value is -1.08. The van der Waals surface area contributed by atoms with Crippen LogP contribution in [0.2, 0.25) is 0 Å². The molecule has 3 aliphatic rings. The van der Waals surface area contributed by atoms with E-state index in [0.29, 0.717) is 13.2 Å². The molecule has 1 N–H and O–H groups in total. The zero-order valence-corrected chi connectivity index (χ0v) is 16.6. The van der Waals surface area contributed by atoms with E-state index in [1.54, 1.807) is 6.20 Å². The van der Waals surface area contributed by atoms with Crippen LogP contribution in [0, 0.1) is 11.8 Å². The van der Waals surface area contributed by atoms with E-state index in [2.05, 4.69) is 15.2 Å². The van der Waals surface area contributed by atoms with Crippen molar-refractivity contribution in [3.05, 3.63) is 23.9 Å². The standard InChI is InChI=1S/C18H26N4O2.2ClH/c23-18(22-6-3-14-12-19-13-15(14)4-7-22)16-2-1-5-20-17(16)21-8-10-24-11-9-21;;/h1-2,5,14-15,19H,3-4,6-13H2;2*1H/t14-,15+;;. The molecule has 0 bridgehead atoms. The highest BCUT2D eigenvalue weighted by atomic mass is 35.5. The number of nitrogens with zero attached hydrogens (tertiary/aromatic N) is 3. The first-order valence-corrected chi connectivity index (χ1v) is 9.10. The summed E-state index contributed by atoms with van der Waals surface area (Å²) in [6.07, 6.45) is 3.99. The summed E-state index contributed by atoms with van der Waals surface area (Å²) in [5.74, 6) is 2.42. The normalized spacial score (nSPS) is 25.5. The van der Waals surface area contributed by atoms with Crippen molar-refractivity contribution in [3.63, 3.8) is 0 Å². The molecule has 0 spiro atoms. The van der Waals surface area contributed by atoms with Crippen molar-refractivity contribution in [3.8, 4) is 0 Å². The number of carbonyl (C=O) groups is 1. The Labute approximate surface area is 167 Å². The van der Waals surface area contributed by atoms with Crippen LogP contribution in [0.5, 0.6) is 0 Å². The summed E-state index contributed by atoms with van der Waals surface area (Å²) in [5, 5.41) is 3.49. The molecule has 0 radical (unpaired) electrons. The Bertz CT molecular complexity index is 584. The molecule has 6 nitrogen and oxygen atoms in total. The lowest BCUT2D eigenvalue weighted by Gasteiger charge is -2.30. The Morgan fingerprint density at radius 3 is 2.38 bits per heavy atom. The molecular weight excluding hydrogens is 375 g/mol. The maximum Gasteiger partial charge on any atom is 0.257 e. The number of ether oxygens (including phenoxy) is 1. The van der Waals surface area contributed by atoms with Crippen molar-refractivity contribution in [1.29, 1.82) is 0 Å².